The molecule has 2 N–H and O–H groups in total. The highest BCUT2D eigenvalue weighted by molar-refractivity contribution is 5.85. The fourth-order valence-electron chi connectivity index (χ4n) is 2.02. The predicted octanol–water partition coefficient (Wildman–Crippen LogP) is 1.27. The minimum atomic E-state index is -0.723. The van der Waals surface area contributed by atoms with Crippen LogP contribution in [0.25, 0.3) is 0 Å². The number of likely N-dealkylation sites (N-methyl/N-ethyl adjacent to an activating group) is 1. The van der Waals surface area contributed by atoms with E-state index in [4.69, 9.17) is 5.11 Å². The third-order valence-corrected chi connectivity index (χ3v) is 2.45. The average Bonchev–Trinajstić information content (AvgIpc) is 1.81. The summed E-state index contributed by atoms with van der Waals surface area (Å²) in [5.74, 6) is -0.723. The zero-order valence-corrected chi connectivity index (χ0v) is 8.49. The Kier molecular flexibility index (Phi) is 3.15. The number of halogens is 1. The van der Waals surface area contributed by atoms with Crippen molar-refractivity contribution in [1.29, 1.82) is 0 Å². The first-order valence-electron chi connectivity index (χ1n) is 3.84. The van der Waals surface area contributed by atoms with Crippen LogP contribution in [0, 0.1) is 5.41 Å². The summed E-state index contributed by atoms with van der Waals surface area (Å²) in [5.41, 5.74) is -0.440. The smallest absolute Gasteiger partial charge is 0.323 e. The van der Waals surface area contributed by atoms with Crippen molar-refractivity contribution >= 4 is 18.4 Å². The molecule has 1 saturated carbocycles. The van der Waals surface area contributed by atoms with Gasteiger partial charge >= 0.3 is 5.97 Å². The van der Waals surface area contributed by atoms with Gasteiger partial charge in [-0.2, -0.15) is 0 Å². The van der Waals surface area contributed by atoms with Crippen molar-refractivity contribution in [2.24, 2.45) is 5.41 Å². The lowest BCUT2D eigenvalue weighted by atomic mass is 9.59. The molecule has 0 aromatic rings. The number of nitrogens with one attached hydrogen (secondary N) is 1. The molecular formula is C8H16ClNO2. The van der Waals surface area contributed by atoms with E-state index in [2.05, 4.69) is 19.2 Å². The topological polar surface area (TPSA) is 49.3 Å². The fourth-order valence-corrected chi connectivity index (χ4v) is 2.02. The molecule has 0 atom stereocenters. The van der Waals surface area contributed by atoms with E-state index < -0.39 is 11.5 Å². The predicted molar refractivity (Wildman–Crippen MR) is 49.7 cm³/mol. The lowest BCUT2D eigenvalue weighted by Crippen LogP contribution is -2.62. The minimum absolute atomic E-state index is 0. The highest BCUT2D eigenvalue weighted by Gasteiger charge is 2.53. The second-order valence-electron chi connectivity index (χ2n) is 4.16. The van der Waals surface area contributed by atoms with E-state index >= 15 is 0 Å². The number of carboxylic acids is 1. The quantitative estimate of drug-likeness (QED) is 0.695. The molecule has 12 heavy (non-hydrogen) atoms. The van der Waals surface area contributed by atoms with Gasteiger partial charge in [0, 0.05) is 0 Å². The van der Waals surface area contributed by atoms with E-state index in [0.29, 0.717) is 0 Å². The zero-order valence-electron chi connectivity index (χ0n) is 7.68. The maximum Gasteiger partial charge on any atom is 0.323 e. The second-order valence-corrected chi connectivity index (χ2v) is 4.16. The van der Waals surface area contributed by atoms with Crippen LogP contribution < -0.4 is 5.32 Å². The third-order valence-electron chi connectivity index (χ3n) is 2.45. The van der Waals surface area contributed by atoms with E-state index in [9.17, 15) is 4.79 Å². The summed E-state index contributed by atoms with van der Waals surface area (Å²) in [7, 11) is 1.71. The van der Waals surface area contributed by atoms with Gasteiger partial charge in [0.15, 0.2) is 0 Å². The molecule has 0 spiro atoms. The Morgan fingerprint density at radius 1 is 1.42 bits per heavy atom. The number of rotatable bonds is 2. The SMILES string of the molecule is CNC1(C(=O)O)CC(C)(C)C1.Cl. The van der Waals surface area contributed by atoms with E-state index in [1.54, 1.807) is 7.05 Å². The largest absolute Gasteiger partial charge is 0.480 e. The highest BCUT2D eigenvalue weighted by atomic mass is 35.5. The van der Waals surface area contributed by atoms with Crippen LogP contribution >= 0.6 is 12.4 Å². The molecule has 0 aromatic carbocycles. The van der Waals surface area contributed by atoms with E-state index in [0.717, 1.165) is 12.8 Å². The van der Waals surface area contributed by atoms with Crippen LogP contribution in [0.1, 0.15) is 26.7 Å². The molecule has 1 rings (SSSR count). The van der Waals surface area contributed by atoms with Crippen molar-refractivity contribution in [3.63, 3.8) is 0 Å². The third kappa shape index (κ3) is 1.72. The number of carboxylic acid groups (broad SMARTS) is 1. The van der Waals surface area contributed by atoms with Gasteiger partial charge in [-0.15, -0.1) is 12.4 Å². The van der Waals surface area contributed by atoms with Crippen LogP contribution in [-0.4, -0.2) is 23.7 Å². The second kappa shape index (κ2) is 3.23. The molecule has 0 heterocycles. The van der Waals surface area contributed by atoms with Gasteiger partial charge in [0.25, 0.3) is 0 Å². The van der Waals surface area contributed by atoms with Gasteiger partial charge in [0.1, 0.15) is 5.54 Å². The van der Waals surface area contributed by atoms with Crippen molar-refractivity contribution in [3.05, 3.63) is 0 Å². The number of hydrogen-bond donors (Lipinski definition) is 2. The van der Waals surface area contributed by atoms with Crippen LogP contribution in [0.3, 0.4) is 0 Å². The summed E-state index contributed by atoms with van der Waals surface area (Å²) in [5, 5.41) is 11.7. The maximum absolute atomic E-state index is 10.8. The Morgan fingerprint density at radius 2 is 1.83 bits per heavy atom. The number of carbonyl (C=O) groups is 1. The summed E-state index contributed by atoms with van der Waals surface area (Å²) >= 11 is 0. The lowest BCUT2D eigenvalue weighted by molar-refractivity contribution is -0.154. The molecule has 1 aliphatic carbocycles. The summed E-state index contributed by atoms with van der Waals surface area (Å²) in [6, 6.07) is 0. The Balaban J connectivity index is 0.00000121. The molecule has 0 saturated heterocycles. The average molecular weight is 194 g/mol. The Labute approximate surface area is 78.9 Å². The van der Waals surface area contributed by atoms with Crippen molar-refractivity contribution < 1.29 is 9.90 Å². The van der Waals surface area contributed by atoms with E-state index in [1.165, 1.54) is 0 Å². The lowest BCUT2D eigenvalue weighted by Gasteiger charge is -2.50. The molecule has 0 bridgehead atoms. The molecule has 0 radical (unpaired) electrons. The monoisotopic (exact) mass is 193 g/mol. The first kappa shape index (κ1) is 11.7. The van der Waals surface area contributed by atoms with Gasteiger partial charge in [0.05, 0.1) is 0 Å². The molecule has 0 unspecified atom stereocenters. The molecule has 3 nitrogen and oxygen atoms in total. The first-order chi connectivity index (χ1) is 4.92. The first-order valence-corrected chi connectivity index (χ1v) is 3.84. The van der Waals surface area contributed by atoms with Crippen molar-refractivity contribution in [1.82, 2.24) is 5.32 Å². The summed E-state index contributed by atoms with van der Waals surface area (Å²) < 4.78 is 0. The molecule has 72 valence electrons. The van der Waals surface area contributed by atoms with Crippen LogP contribution in [0.5, 0.6) is 0 Å². The zero-order chi connectivity index (χ0) is 8.70. The van der Waals surface area contributed by atoms with Crippen LogP contribution in [0.2, 0.25) is 0 Å². The maximum atomic E-state index is 10.8. The van der Waals surface area contributed by atoms with Crippen molar-refractivity contribution in [2.45, 2.75) is 32.2 Å². The number of hydrogen-bond acceptors (Lipinski definition) is 2. The van der Waals surface area contributed by atoms with Crippen LogP contribution in [0.4, 0.5) is 0 Å². The van der Waals surface area contributed by atoms with Gasteiger partial charge in [-0.3, -0.25) is 4.79 Å². The molecular weight excluding hydrogens is 178 g/mol. The standard InChI is InChI=1S/C8H15NO2.ClH/c1-7(2)4-8(5-7,9-3)6(10)11;/h9H,4-5H2,1-3H3,(H,10,11);1H. The van der Waals surface area contributed by atoms with Gasteiger partial charge in [-0.05, 0) is 25.3 Å². The van der Waals surface area contributed by atoms with Gasteiger partial charge in [-0.25, -0.2) is 0 Å². The van der Waals surface area contributed by atoms with Gasteiger partial charge in [0.2, 0.25) is 0 Å². The van der Waals surface area contributed by atoms with Crippen molar-refractivity contribution in [2.75, 3.05) is 7.05 Å². The molecule has 1 fully saturated rings. The molecule has 0 aliphatic heterocycles. The van der Waals surface area contributed by atoms with Crippen LogP contribution in [0.15, 0.2) is 0 Å². The fraction of sp³-hybridized carbons (Fsp3) is 0.875. The van der Waals surface area contributed by atoms with E-state index in [1.807, 2.05) is 0 Å². The van der Waals surface area contributed by atoms with Crippen LogP contribution in [-0.2, 0) is 4.79 Å². The molecule has 4 heteroatoms. The molecule has 0 amide bonds. The number of aliphatic carboxylic acids is 1. The highest BCUT2D eigenvalue weighted by Crippen LogP contribution is 2.47. The van der Waals surface area contributed by atoms with Gasteiger partial charge < -0.3 is 10.4 Å². The minimum Gasteiger partial charge on any atom is -0.480 e. The summed E-state index contributed by atoms with van der Waals surface area (Å²) in [6.45, 7) is 4.18. The van der Waals surface area contributed by atoms with Gasteiger partial charge in [-0.1, -0.05) is 13.8 Å². The molecule has 0 aromatic heterocycles. The van der Waals surface area contributed by atoms with E-state index in [-0.39, 0.29) is 17.8 Å². The van der Waals surface area contributed by atoms with Crippen molar-refractivity contribution in [3.8, 4) is 0 Å². The summed E-state index contributed by atoms with van der Waals surface area (Å²) in [4.78, 5) is 10.8. The Morgan fingerprint density at radius 3 is 1.92 bits per heavy atom. The Bertz CT molecular complexity index is 183. The normalized spacial score (nSPS) is 23.6. The summed E-state index contributed by atoms with van der Waals surface area (Å²) in [6.07, 6.45) is 1.46. The molecule has 1 aliphatic rings. The Hall–Kier alpha value is -0.280.